The van der Waals surface area contributed by atoms with Gasteiger partial charge in [0.05, 0.1) is 59.5 Å². The summed E-state index contributed by atoms with van der Waals surface area (Å²) >= 11 is 0. The first-order chi connectivity index (χ1) is 14.8. The quantitative estimate of drug-likeness (QED) is 0.187. The molecule has 0 aliphatic heterocycles. The topological polar surface area (TPSA) is 49.4 Å². The zero-order valence-electron chi connectivity index (χ0n) is 20.3. The molecule has 0 heterocycles. The molecule has 0 atom stereocenters. The second-order valence-corrected chi connectivity index (χ2v) is 8.05. The first-order valence-electron chi connectivity index (χ1n) is 12.3. The Morgan fingerprint density at radius 2 is 0.733 bits per heavy atom. The maximum atomic E-state index is 5.62. The van der Waals surface area contributed by atoms with Crippen molar-refractivity contribution in [3.05, 3.63) is 0 Å². The van der Waals surface area contributed by atoms with Crippen LogP contribution < -0.4 is 0 Å². The minimum atomic E-state index is 0.594. The molecule has 0 amide bonds. The highest BCUT2D eigenvalue weighted by Gasteiger charge is 1.95. The van der Waals surface area contributed by atoms with E-state index >= 15 is 0 Å². The van der Waals surface area contributed by atoms with Gasteiger partial charge < -0.3 is 28.6 Å². The molecule has 0 unspecified atom stereocenters. The predicted octanol–water partition coefficient (Wildman–Crippen LogP) is 4.55. The maximum Gasteiger partial charge on any atom is 0.0701 e. The van der Waals surface area contributed by atoms with Crippen LogP contribution in [-0.4, -0.2) is 91.6 Å². The fraction of sp³-hybridized carbons (Fsp3) is 1.00. The number of rotatable bonds is 26. The molecule has 0 bridgehead atoms. The fourth-order valence-electron chi connectivity index (χ4n) is 2.92. The zero-order valence-corrected chi connectivity index (χ0v) is 20.3. The monoisotopic (exact) mass is 433 g/mol. The standard InChI is InChI=1S/C24H51NO5/c1-4-5-6-7-8-9-10-11-12-13-15-26-17-19-28-21-23-30-24-22-29-20-18-27-16-14-25(2)3/h4-24H2,1-3H3. The fourth-order valence-corrected chi connectivity index (χ4v) is 2.92. The van der Waals surface area contributed by atoms with Crippen molar-refractivity contribution < 1.29 is 23.7 Å². The van der Waals surface area contributed by atoms with Crippen LogP contribution in [0.5, 0.6) is 0 Å². The number of unbranched alkanes of at least 4 members (excludes halogenated alkanes) is 9. The van der Waals surface area contributed by atoms with Crippen molar-refractivity contribution in [2.24, 2.45) is 0 Å². The van der Waals surface area contributed by atoms with Crippen LogP contribution >= 0.6 is 0 Å². The second kappa shape index (κ2) is 26.8. The number of likely N-dealkylation sites (N-methyl/N-ethyl adjacent to an activating group) is 1. The van der Waals surface area contributed by atoms with Crippen molar-refractivity contribution in [3.8, 4) is 0 Å². The summed E-state index contributed by atoms with van der Waals surface area (Å²) in [5.74, 6) is 0. The van der Waals surface area contributed by atoms with E-state index in [4.69, 9.17) is 23.7 Å². The molecule has 0 saturated carbocycles. The van der Waals surface area contributed by atoms with Gasteiger partial charge in [-0.15, -0.1) is 0 Å². The summed E-state index contributed by atoms with van der Waals surface area (Å²) in [6.45, 7) is 9.77. The SMILES string of the molecule is CCCCCCCCCCCCOCCOCCOCCOCCOCCN(C)C. The number of nitrogens with zero attached hydrogens (tertiary/aromatic N) is 1. The first kappa shape index (κ1) is 29.8. The summed E-state index contributed by atoms with van der Waals surface area (Å²) in [6.07, 6.45) is 13.6. The van der Waals surface area contributed by atoms with E-state index in [0.29, 0.717) is 52.9 Å². The van der Waals surface area contributed by atoms with Gasteiger partial charge in [0.25, 0.3) is 0 Å². The van der Waals surface area contributed by atoms with Crippen LogP contribution in [0.15, 0.2) is 0 Å². The minimum absolute atomic E-state index is 0.594. The van der Waals surface area contributed by atoms with E-state index in [1.54, 1.807) is 0 Å². The van der Waals surface area contributed by atoms with Crippen LogP contribution in [0.2, 0.25) is 0 Å². The number of ether oxygens (including phenoxy) is 5. The molecular weight excluding hydrogens is 382 g/mol. The number of hydrogen-bond acceptors (Lipinski definition) is 6. The molecule has 0 aliphatic carbocycles. The van der Waals surface area contributed by atoms with Crippen molar-refractivity contribution >= 4 is 0 Å². The average molecular weight is 434 g/mol. The van der Waals surface area contributed by atoms with E-state index in [1.807, 2.05) is 14.1 Å². The van der Waals surface area contributed by atoms with E-state index in [2.05, 4.69) is 11.8 Å². The summed E-state index contributed by atoms with van der Waals surface area (Å²) in [5, 5.41) is 0. The van der Waals surface area contributed by atoms with Crippen LogP contribution in [0, 0.1) is 0 Å². The summed E-state index contributed by atoms with van der Waals surface area (Å²) in [6, 6.07) is 0. The molecule has 0 aromatic heterocycles. The summed E-state index contributed by atoms with van der Waals surface area (Å²) in [4.78, 5) is 2.10. The first-order valence-corrected chi connectivity index (χ1v) is 12.3. The highest BCUT2D eigenvalue weighted by molar-refractivity contribution is 4.47. The summed E-state index contributed by atoms with van der Waals surface area (Å²) in [7, 11) is 4.07. The average Bonchev–Trinajstić information content (AvgIpc) is 2.73. The van der Waals surface area contributed by atoms with Crippen molar-refractivity contribution in [1.82, 2.24) is 4.90 Å². The zero-order chi connectivity index (χ0) is 22.0. The third-order valence-electron chi connectivity index (χ3n) is 4.81. The van der Waals surface area contributed by atoms with E-state index in [1.165, 1.54) is 64.2 Å². The largest absolute Gasteiger partial charge is 0.379 e. The highest BCUT2D eigenvalue weighted by atomic mass is 16.6. The van der Waals surface area contributed by atoms with Gasteiger partial charge >= 0.3 is 0 Å². The molecule has 0 aromatic rings. The molecule has 0 radical (unpaired) electrons. The van der Waals surface area contributed by atoms with Crippen molar-refractivity contribution in [2.45, 2.75) is 71.1 Å². The van der Waals surface area contributed by atoms with Crippen LogP contribution in [0.3, 0.4) is 0 Å². The van der Waals surface area contributed by atoms with Crippen molar-refractivity contribution in [1.29, 1.82) is 0 Å². The summed E-state index contributed by atoms with van der Waals surface area (Å²) in [5.41, 5.74) is 0. The van der Waals surface area contributed by atoms with Gasteiger partial charge in [-0.3, -0.25) is 0 Å². The Balaban J connectivity index is 2.99. The smallest absolute Gasteiger partial charge is 0.0701 e. The molecule has 0 spiro atoms. The molecule has 6 heteroatoms. The van der Waals surface area contributed by atoms with Gasteiger partial charge in [0.2, 0.25) is 0 Å². The Kier molecular flexibility index (Phi) is 26.6. The Labute approximate surface area is 186 Å². The predicted molar refractivity (Wildman–Crippen MR) is 124 cm³/mol. The highest BCUT2D eigenvalue weighted by Crippen LogP contribution is 2.10. The molecule has 182 valence electrons. The van der Waals surface area contributed by atoms with Crippen molar-refractivity contribution in [3.63, 3.8) is 0 Å². The van der Waals surface area contributed by atoms with Gasteiger partial charge in [0, 0.05) is 13.2 Å². The second-order valence-electron chi connectivity index (χ2n) is 8.05. The molecule has 6 nitrogen and oxygen atoms in total. The van der Waals surface area contributed by atoms with Gasteiger partial charge in [0.15, 0.2) is 0 Å². The lowest BCUT2D eigenvalue weighted by molar-refractivity contribution is -0.0118. The Morgan fingerprint density at radius 3 is 1.13 bits per heavy atom. The summed E-state index contributed by atoms with van der Waals surface area (Å²) < 4.78 is 27.5. The third kappa shape index (κ3) is 27.8. The molecule has 0 aliphatic rings. The Bertz CT molecular complexity index is 305. The molecule has 0 rings (SSSR count). The van der Waals surface area contributed by atoms with Crippen molar-refractivity contribution in [2.75, 3.05) is 86.7 Å². The van der Waals surface area contributed by atoms with Crippen LogP contribution in [-0.2, 0) is 23.7 Å². The lowest BCUT2D eigenvalue weighted by Gasteiger charge is -2.10. The van der Waals surface area contributed by atoms with Crippen LogP contribution in [0.4, 0.5) is 0 Å². The molecule has 0 aromatic carbocycles. The molecular formula is C24H51NO5. The Hall–Kier alpha value is -0.240. The van der Waals surface area contributed by atoms with E-state index in [-0.39, 0.29) is 0 Å². The maximum absolute atomic E-state index is 5.62. The van der Waals surface area contributed by atoms with Crippen LogP contribution in [0.1, 0.15) is 71.1 Å². The van der Waals surface area contributed by atoms with E-state index < -0.39 is 0 Å². The number of hydrogen-bond donors (Lipinski definition) is 0. The van der Waals surface area contributed by atoms with E-state index in [0.717, 1.165) is 19.8 Å². The third-order valence-corrected chi connectivity index (χ3v) is 4.81. The van der Waals surface area contributed by atoms with Gasteiger partial charge in [-0.05, 0) is 20.5 Å². The molecule has 0 N–H and O–H groups in total. The van der Waals surface area contributed by atoms with Gasteiger partial charge in [0.1, 0.15) is 0 Å². The molecule has 30 heavy (non-hydrogen) atoms. The minimum Gasteiger partial charge on any atom is -0.379 e. The lowest BCUT2D eigenvalue weighted by atomic mass is 10.1. The normalized spacial score (nSPS) is 11.6. The van der Waals surface area contributed by atoms with E-state index in [9.17, 15) is 0 Å². The van der Waals surface area contributed by atoms with Crippen LogP contribution in [0.25, 0.3) is 0 Å². The van der Waals surface area contributed by atoms with Gasteiger partial charge in [-0.2, -0.15) is 0 Å². The molecule has 0 fully saturated rings. The molecule has 0 saturated heterocycles. The van der Waals surface area contributed by atoms with Gasteiger partial charge in [-0.1, -0.05) is 64.7 Å². The van der Waals surface area contributed by atoms with Gasteiger partial charge in [-0.25, -0.2) is 0 Å². The lowest BCUT2D eigenvalue weighted by Crippen LogP contribution is -2.19. The Morgan fingerprint density at radius 1 is 0.400 bits per heavy atom.